The molecule has 1 amide bonds. The Kier molecular flexibility index (Phi) is 3.87. The Bertz CT molecular complexity index is 445. The lowest BCUT2D eigenvalue weighted by Gasteiger charge is -2.32. The highest BCUT2D eigenvalue weighted by Gasteiger charge is 2.25. The summed E-state index contributed by atoms with van der Waals surface area (Å²) in [5, 5.41) is 9.79. The average Bonchev–Trinajstić information content (AvgIpc) is 2.41. The van der Waals surface area contributed by atoms with Crippen molar-refractivity contribution in [2.75, 3.05) is 19.6 Å². The number of aryl methyl sites for hydroxylation is 1. The molecule has 0 spiro atoms. The van der Waals surface area contributed by atoms with Crippen LogP contribution in [0.2, 0.25) is 0 Å². The molecule has 1 heterocycles. The summed E-state index contributed by atoms with van der Waals surface area (Å²) in [5.41, 5.74) is 7.04. The van der Waals surface area contributed by atoms with Gasteiger partial charge < -0.3 is 15.7 Å². The normalized spacial score (nSPS) is 19.9. The first-order valence-electron chi connectivity index (χ1n) is 6.40. The third-order valence-corrected chi connectivity index (χ3v) is 3.52. The number of likely N-dealkylation sites (tertiary alicyclic amines) is 1. The molecule has 1 aliphatic rings. The summed E-state index contributed by atoms with van der Waals surface area (Å²) in [4.78, 5) is 14.2. The van der Waals surface area contributed by atoms with Gasteiger partial charge in [-0.25, -0.2) is 0 Å². The molecule has 1 aromatic carbocycles. The number of amides is 1. The number of hydrogen-bond donors (Lipinski definition) is 2. The highest BCUT2D eigenvalue weighted by atomic mass is 16.3. The van der Waals surface area contributed by atoms with Crippen molar-refractivity contribution < 1.29 is 9.90 Å². The van der Waals surface area contributed by atoms with Crippen molar-refractivity contribution >= 4 is 5.91 Å². The fourth-order valence-corrected chi connectivity index (χ4v) is 2.43. The lowest BCUT2D eigenvalue weighted by molar-refractivity contribution is 0.0675. The molecule has 0 aromatic heterocycles. The zero-order chi connectivity index (χ0) is 13.1. The maximum absolute atomic E-state index is 12.4. The first-order chi connectivity index (χ1) is 8.61. The summed E-state index contributed by atoms with van der Waals surface area (Å²) in [5.74, 6) is 0.351. The van der Waals surface area contributed by atoms with Crippen LogP contribution in [-0.2, 0) is 0 Å². The number of nitrogens with zero attached hydrogens (tertiary/aromatic N) is 1. The van der Waals surface area contributed by atoms with E-state index in [1.165, 1.54) is 0 Å². The van der Waals surface area contributed by atoms with Crippen LogP contribution in [0.3, 0.4) is 0 Å². The fourth-order valence-electron chi connectivity index (χ4n) is 2.43. The zero-order valence-electron chi connectivity index (χ0n) is 10.7. The summed E-state index contributed by atoms with van der Waals surface area (Å²) in [6.07, 6.45) is 2.07. The van der Waals surface area contributed by atoms with Gasteiger partial charge in [0, 0.05) is 13.1 Å². The van der Waals surface area contributed by atoms with Gasteiger partial charge in [-0.3, -0.25) is 4.79 Å². The summed E-state index contributed by atoms with van der Waals surface area (Å²) < 4.78 is 0. The summed E-state index contributed by atoms with van der Waals surface area (Å²) in [7, 11) is 0. The largest absolute Gasteiger partial charge is 0.507 e. The van der Waals surface area contributed by atoms with Crippen LogP contribution < -0.4 is 5.73 Å². The summed E-state index contributed by atoms with van der Waals surface area (Å²) in [6.45, 7) is 3.98. The van der Waals surface area contributed by atoms with Gasteiger partial charge in [-0.15, -0.1) is 0 Å². The van der Waals surface area contributed by atoms with Gasteiger partial charge >= 0.3 is 0 Å². The van der Waals surface area contributed by atoms with Crippen LogP contribution in [0.4, 0.5) is 0 Å². The molecule has 18 heavy (non-hydrogen) atoms. The van der Waals surface area contributed by atoms with Gasteiger partial charge in [-0.2, -0.15) is 0 Å². The average molecular weight is 248 g/mol. The topological polar surface area (TPSA) is 66.6 Å². The van der Waals surface area contributed by atoms with E-state index in [1.54, 1.807) is 23.1 Å². The molecule has 1 fully saturated rings. The maximum atomic E-state index is 12.4. The molecule has 0 bridgehead atoms. The van der Waals surface area contributed by atoms with Gasteiger partial charge in [0.25, 0.3) is 5.91 Å². The first-order valence-corrected chi connectivity index (χ1v) is 6.40. The van der Waals surface area contributed by atoms with Gasteiger partial charge in [0.15, 0.2) is 0 Å². The number of phenolic OH excluding ortho intramolecular Hbond substituents is 1. The summed E-state index contributed by atoms with van der Waals surface area (Å²) in [6, 6.07) is 5.11. The smallest absolute Gasteiger partial charge is 0.257 e. The molecule has 1 saturated heterocycles. The molecule has 1 atom stereocenters. The first kappa shape index (κ1) is 12.9. The number of carbonyl (C=O) groups is 1. The van der Waals surface area contributed by atoms with Gasteiger partial charge in [0.2, 0.25) is 0 Å². The minimum Gasteiger partial charge on any atom is -0.507 e. The van der Waals surface area contributed by atoms with Crippen molar-refractivity contribution in [2.24, 2.45) is 11.7 Å². The predicted octanol–water partition coefficient (Wildman–Crippen LogP) is 1.51. The lowest BCUT2D eigenvalue weighted by atomic mass is 9.97. The van der Waals surface area contributed by atoms with E-state index < -0.39 is 0 Å². The lowest BCUT2D eigenvalue weighted by Crippen LogP contribution is -2.42. The second-order valence-electron chi connectivity index (χ2n) is 5.02. The van der Waals surface area contributed by atoms with E-state index in [0.717, 1.165) is 24.9 Å². The predicted molar refractivity (Wildman–Crippen MR) is 70.5 cm³/mol. The number of hydrogen-bond acceptors (Lipinski definition) is 3. The van der Waals surface area contributed by atoms with Gasteiger partial charge in [-0.1, -0.05) is 11.6 Å². The molecule has 0 saturated carbocycles. The van der Waals surface area contributed by atoms with Crippen molar-refractivity contribution in [3.63, 3.8) is 0 Å². The quantitative estimate of drug-likeness (QED) is 0.833. The molecular formula is C14H20N2O2. The van der Waals surface area contributed by atoms with E-state index in [0.29, 0.717) is 24.6 Å². The highest BCUT2D eigenvalue weighted by molar-refractivity contribution is 5.97. The van der Waals surface area contributed by atoms with Crippen LogP contribution >= 0.6 is 0 Å². The van der Waals surface area contributed by atoms with E-state index in [9.17, 15) is 9.90 Å². The van der Waals surface area contributed by atoms with Crippen LogP contribution in [0.1, 0.15) is 28.8 Å². The number of piperidine rings is 1. The minimum absolute atomic E-state index is 0.0560. The number of benzene rings is 1. The highest BCUT2D eigenvalue weighted by Crippen LogP contribution is 2.23. The molecule has 98 valence electrons. The van der Waals surface area contributed by atoms with Crippen molar-refractivity contribution in [3.8, 4) is 5.75 Å². The molecule has 1 unspecified atom stereocenters. The monoisotopic (exact) mass is 248 g/mol. The SMILES string of the molecule is Cc1ccc(O)c(C(=O)N2CCCC(CN)C2)c1. The van der Waals surface area contributed by atoms with Crippen LogP contribution in [0.5, 0.6) is 5.75 Å². The van der Waals surface area contributed by atoms with Crippen molar-refractivity contribution in [1.29, 1.82) is 0 Å². The Morgan fingerprint density at radius 3 is 3.06 bits per heavy atom. The zero-order valence-corrected chi connectivity index (χ0v) is 10.7. The second-order valence-corrected chi connectivity index (χ2v) is 5.02. The van der Waals surface area contributed by atoms with E-state index in [2.05, 4.69) is 0 Å². The fraction of sp³-hybridized carbons (Fsp3) is 0.500. The number of nitrogens with two attached hydrogens (primary N) is 1. The van der Waals surface area contributed by atoms with Crippen molar-refractivity contribution in [1.82, 2.24) is 4.90 Å². The third-order valence-electron chi connectivity index (χ3n) is 3.52. The number of carbonyl (C=O) groups excluding carboxylic acids is 1. The minimum atomic E-state index is -0.0886. The van der Waals surface area contributed by atoms with E-state index >= 15 is 0 Å². The molecule has 1 aromatic rings. The summed E-state index contributed by atoms with van der Waals surface area (Å²) >= 11 is 0. The molecule has 2 rings (SSSR count). The standard InChI is InChI=1S/C14H20N2O2/c1-10-4-5-13(17)12(7-10)14(18)16-6-2-3-11(8-15)9-16/h4-5,7,11,17H,2-3,6,8-9,15H2,1H3. The van der Waals surface area contributed by atoms with Crippen LogP contribution in [0.15, 0.2) is 18.2 Å². The van der Waals surface area contributed by atoms with Crippen LogP contribution in [0.25, 0.3) is 0 Å². The maximum Gasteiger partial charge on any atom is 0.257 e. The molecular weight excluding hydrogens is 228 g/mol. The Balaban J connectivity index is 2.17. The van der Waals surface area contributed by atoms with E-state index in [4.69, 9.17) is 5.73 Å². The Morgan fingerprint density at radius 1 is 1.56 bits per heavy atom. The Labute approximate surface area is 107 Å². The number of rotatable bonds is 2. The molecule has 3 N–H and O–H groups in total. The molecule has 4 heteroatoms. The molecule has 0 aliphatic carbocycles. The van der Waals surface area contributed by atoms with Gasteiger partial charge in [-0.05, 0) is 44.4 Å². The third kappa shape index (κ3) is 2.64. The van der Waals surface area contributed by atoms with E-state index in [1.807, 2.05) is 6.92 Å². The van der Waals surface area contributed by atoms with E-state index in [-0.39, 0.29) is 11.7 Å². The molecule has 1 aliphatic heterocycles. The molecule has 0 radical (unpaired) electrons. The number of aromatic hydroxyl groups is 1. The Morgan fingerprint density at radius 2 is 2.33 bits per heavy atom. The van der Waals surface area contributed by atoms with Gasteiger partial charge in [0.1, 0.15) is 5.75 Å². The van der Waals surface area contributed by atoms with Crippen LogP contribution in [0, 0.1) is 12.8 Å². The second kappa shape index (κ2) is 5.40. The number of phenols is 1. The van der Waals surface area contributed by atoms with Gasteiger partial charge in [0.05, 0.1) is 5.56 Å². The van der Waals surface area contributed by atoms with Crippen molar-refractivity contribution in [3.05, 3.63) is 29.3 Å². The molecule has 4 nitrogen and oxygen atoms in total. The Hall–Kier alpha value is -1.55. The van der Waals surface area contributed by atoms with Crippen molar-refractivity contribution in [2.45, 2.75) is 19.8 Å². The van der Waals surface area contributed by atoms with Crippen LogP contribution in [-0.4, -0.2) is 35.5 Å².